The lowest BCUT2D eigenvalue weighted by Gasteiger charge is -2.09. The first-order valence-electron chi connectivity index (χ1n) is 6.50. The second kappa shape index (κ2) is 6.10. The van der Waals surface area contributed by atoms with E-state index < -0.39 is 0 Å². The number of benzene rings is 2. The van der Waals surface area contributed by atoms with Gasteiger partial charge in [-0.3, -0.25) is 4.79 Å². The predicted molar refractivity (Wildman–Crippen MR) is 81.2 cm³/mol. The molecular weight excluding hydrogens is 252 g/mol. The first-order valence-corrected chi connectivity index (χ1v) is 6.50. The summed E-state index contributed by atoms with van der Waals surface area (Å²) < 4.78 is 5.40. The number of carbonyl (C=O) groups is 1. The van der Waals surface area contributed by atoms with Crippen molar-refractivity contribution >= 4 is 17.3 Å². The molecule has 2 aromatic rings. The average Bonchev–Trinajstić information content (AvgIpc) is 2.39. The molecule has 0 unspecified atom stereocenters. The lowest BCUT2D eigenvalue weighted by molar-refractivity contribution is 0.102. The average molecular weight is 270 g/mol. The number of carbonyl (C=O) groups excluding carboxylic acids is 1. The Morgan fingerprint density at radius 2 is 2.05 bits per heavy atom. The Balaban J connectivity index is 2.17. The third-order valence-corrected chi connectivity index (χ3v) is 2.85. The van der Waals surface area contributed by atoms with E-state index >= 15 is 0 Å². The van der Waals surface area contributed by atoms with Crippen LogP contribution in [0.2, 0.25) is 0 Å². The number of aryl methyl sites for hydroxylation is 1. The van der Waals surface area contributed by atoms with Gasteiger partial charge in [-0.25, -0.2) is 0 Å². The summed E-state index contributed by atoms with van der Waals surface area (Å²) >= 11 is 0. The van der Waals surface area contributed by atoms with Crippen LogP contribution in [0.15, 0.2) is 42.5 Å². The van der Waals surface area contributed by atoms with E-state index in [0.29, 0.717) is 23.5 Å². The Hall–Kier alpha value is -2.49. The molecule has 0 aliphatic heterocycles. The topological polar surface area (TPSA) is 64.3 Å². The van der Waals surface area contributed by atoms with Crippen LogP contribution in [0.3, 0.4) is 0 Å². The van der Waals surface area contributed by atoms with Crippen molar-refractivity contribution in [2.75, 3.05) is 17.7 Å². The van der Waals surface area contributed by atoms with Gasteiger partial charge in [-0.2, -0.15) is 0 Å². The SMILES string of the molecule is CCOc1cccc(NC(=O)c2ccc(C)cc2N)c1. The summed E-state index contributed by atoms with van der Waals surface area (Å²) in [6, 6.07) is 12.6. The summed E-state index contributed by atoms with van der Waals surface area (Å²) in [5.41, 5.74) is 8.52. The summed E-state index contributed by atoms with van der Waals surface area (Å²) in [6.07, 6.45) is 0. The van der Waals surface area contributed by atoms with Gasteiger partial charge in [0.15, 0.2) is 0 Å². The Morgan fingerprint density at radius 1 is 1.25 bits per heavy atom. The standard InChI is InChI=1S/C16H18N2O2/c1-3-20-13-6-4-5-12(10-13)18-16(19)14-8-7-11(2)9-15(14)17/h4-10H,3,17H2,1-2H3,(H,18,19). The van der Waals surface area contributed by atoms with Crippen LogP contribution in [0.5, 0.6) is 5.75 Å². The Kier molecular flexibility index (Phi) is 4.25. The lowest BCUT2D eigenvalue weighted by Crippen LogP contribution is -2.14. The molecule has 20 heavy (non-hydrogen) atoms. The van der Waals surface area contributed by atoms with E-state index in [9.17, 15) is 4.79 Å². The first kappa shape index (κ1) is 13.9. The van der Waals surface area contributed by atoms with Crippen molar-refractivity contribution in [2.45, 2.75) is 13.8 Å². The number of ether oxygens (including phenoxy) is 1. The maximum Gasteiger partial charge on any atom is 0.257 e. The smallest absolute Gasteiger partial charge is 0.257 e. The summed E-state index contributed by atoms with van der Waals surface area (Å²) in [7, 11) is 0. The summed E-state index contributed by atoms with van der Waals surface area (Å²) in [5, 5.41) is 2.82. The van der Waals surface area contributed by atoms with Crippen molar-refractivity contribution < 1.29 is 9.53 Å². The number of anilines is 2. The molecule has 0 saturated carbocycles. The molecule has 0 fully saturated rings. The van der Waals surface area contributed by atoms with Gasteiger partial charge in [0.2, 0.25) is 0 Å². The highest BCUT2D eigenvalue weighted by molar-refractivity contribution is 6.07. The fourth-order valence-electron chi connectivity index (χ4n) is 1.92. The Bertz CT molecular complexity index is 624. The highest BCUT2D eigenvalue weighted by atomic mass is 16.5. The monoisotopic (exact) mass is 270 g/mol. The van der Waals surface area contributed by atoms with Crippen LogP contribution in [0.1, 0.15) is 22.8 Å². The van der Waals surface area contributed by atoms with Gasteiger partial charge in [0.25, 0.3) is 5.91 Å². The number of hydrogen-bond donors (Lipinski definition) is 2. The van der Waals surface area contributed by atoms with E-state index in [1.807, 2.05) is 38.1 Å². The molecule has 0 aliphatic rings. The van der Waals surface area contributed by atoms with Crippen molar-refractivity contribution in [3.63, 3.8) is 0 Å². The number of nitrogens with one attached hydrogen (secondary N) is 1. The van der Waals surface area contributed by atoms with E-state index in [1.54, 1.807) is 18.2 Å². The third kappa shape index (κ3) is 3.29. The zero-order valence-electron chi connectivity index (χ0n) is 11.6. The van der Waals surface area contributed by atoms with Gasteiger partial charge >= 0.3 is 0 Å². The van der Waals surface area contributed by atoms with Crippen molar-refractivity contribution in [1.82, 2.24) is 0 Å². The Morgan fingerprint density at radius 3 is 2.75 bits per heavy atom. The molecule has 0 aromatic heterocycles. The zero-order valence-corrected chi connectivity index (χ0v) is 11.6. The highest BCUT2D eigenvalue weighted by Gasteiger charge is 2.10. The normalized spacial score (nSPS) is 10.1. The van der Waals surface area contributed by atoms with Crippen LogP contribution in [0.4, 0.5) is 11.4 Å². The Labute approximate surface area is 118 Å². The molecule has 2 aromatic carbocycles. The van der Waals surface area contributed by atoms with Gasteiger partial charge in [-0.05, 0) is 43.7 Å². The predicted octanol–water partition coefficient (Wildman–Crippen LogP) is 3.23. The maximum absolute atomic E-state index is 12.2. The molecular formula is C16H18N2O2. The van der Waals surface area contributed by atoms with Gasteiger partial charge in [-0.1, -0.05) is 12.1 Å². The third-order valence-electron chi connectivity index (χ3n) is 2.85. The number of hydrogen-bond acceptors (Lipinski definition) is 3. The molecule has 0 radical (unpaired) electrons. The zero-order chi connectivity index (χ0) is 14.5. The summed E-state index contributed by atoms with van der Waals surface area (Å²) in [5.74, 6) is 0.498. The summed E-state index contributed by atoms with van der Waals surface area (Å²) in [4.78, 5) is 12.2. The van der Waals surface area contributed by atoms with E-state index in [2.05, 4.69) is 5.32 Å². The van der Waals surface area contributed by atoms with E-state index in [0.717, 1.165) is 11.3 Å². The largest absolute Gasteiger partial charge is 0.494 e. The van der Waals surface area contributed by atoms with Gasteiger partial charge in [0, 0.05) is 17.4 Å². The van der Waals surface area contributed by atoms with Crippen LogP contribution in [-0.2, 0) is 0 Å². The number of amides is 1. The fraction of sp³-hybridized carbons (Fsp3) is 0.188. The van der Waals surface area contributed by atoms with Gasteiger partial charge in [0.05, 0.1) is 12.2 Å². The molecule has 104 valence electrons. The minimum absolute atomic E-state index is 0.226. The number of nitrogen functional groups attached to an aromatic ring is 1. The van der Waals surface area contributed by atoms with Crippen LogP contribution in [-0.4, -0.2) is 12.5 Å². The minimum Gasteiger partial charge on any atom is -0.494 e. The minimum atomic E-state index is -0.226. The van der Waals surface area contributed by atoms with Crippen LogP contribution in [0.25, 0.3) is 0 Å². The molecule has 4 heteroatoms. The van der Waals surface area contributed by atoms with Crippen LogP contribution >= 0.6 is 0 Å². The van der Waals surface area contributed by atoms with Gasteiger partial charge in [0.1, 0.15) is 5.75 Å². The molecule has 0 spiro atoms. The fourth-order valence-corrected chi connectivity index (χ4v) is 1.92. The quantitative estimate of drug-likeness (QED) is 0.838. The second-order valence-corrected chi connectivity index (χ2v) is 4.51. The summed E-state index contributed by atoms with van der Waals surface area (Å²) in [6.45, 7) is 4.43. The highest BCUT2D eigenvalue weighted by Crippen LogP contribution is 2.20. The number of nitrogens with two attached hydrogens (primary N) is 1. The molecule has 0 bridgehead atoms. The van der Waals surface area contributed by atoms with Gasteiger partial charge < -0.3 is 15.8 Å². The van der Waals surface area contributed by atoms with E-state index in [4.69, 9.17) is 10.5 Å². The molecule has 3 N–H and O–H groups in total. The number of rotatable bonds is 4. The van der Waals surface area contributed by atoms with Gasteiger partial charge in [-0.15, -0.1) is 0 Å². The first-order chi connectivity index (χ1) is 9.60. The molecule has 0 heterocycles. The van der Waals surface area contributed by atoms with Crippen molar-refractivity contribution in [2.24, 2.45) is 0 Å². The lowest BCUT2D eigenvalue weighted by atomic mass is 10.1. The van der Waals surface area contributed by atoms with Crippen molar-refractivity contribution in [1.29, 1.82) is 0 Å². The molecule has 1 amide bonds. The maximum atomic E-state index is 12.2. The molecule has 2 rings (SSSR count). The molecule has 0 aliphatic carbocycles. The van der Waals surface area contributed by atoms with Crippen LogP contribution in [0, 0.1) is 6.92 Å². The molecule has 0 saturated heterocycles. The van der Waals surface area contributed by atoms with E-state index in [1.165, 1.54) is 0 Å². The molecule has 0 atom stereocenters. The van der Waals surface area contributed by atoms with Crippen molar-refractivity contribution in [3.8, 4) is 5.75 Å². The second-order valence-electron chi connectivity index (χ2n) is 4.51. The van der Waals surface area contributed by atoms with Crippen LogP contribution < -0.4 is 15.8 Å². The van der Waals surface area contributed by atoms with Crippen molar-refractivity contribution in [3.05, 3.63) is 53.6 Å². The molecule has 4 nitrogen and oxygen atoms in total. The van der Waals surface area contributed by atoms with E-state index in [-0.39, 0.29) is 5.91 Å².